The molecule has 5 atom stereocenters. The molecule has 0 radical (unpaired) electrons. The van der Waals surface area contributed by atoms with Gasteiger partial charge in [0, 0.05) is 35.9 Å². The maximum Gasteiger partial charge on any atom is 0.271 e. The molecule has 12 heteroatoms. The first-order valence-electron chi connectivity index (χ1n) is 14.5. The van der Waals surface area contributed by atoms with Gasteiger partial charge in [0.25, 0.3) is 21.7 Å². The number of benzene rings is 2. The predicted octanol–water partition coefficient (Wildman–Crippen LogP) is 2.41. The fraction of sp³-hybridized carbons (Fsp3) is 0.419. The summed E-state index contributed by atoms with van der Waals surface area (Å²) in [5.74, 6) is -2.45. The first-order chi connectivity index (χ1) is 20.3. The summed E-state index contributed by atoms with van der Waals surface area (Å²) >= 11 is 0. The SMILES string of the molecule is Cc1cc(S(=O)(=O)N2CC[C@H](N(C)C)C2)[nH]c1C(=O)NC12C(=O)c3c(N)cccc3C1(O)Oc1cc([C@@H]3C[C@H]3C)ccc12. The molecule has 2 aromatic carbocycles. The van der Waals surface area contributed by atoms with Crippen LogP contribution in [0.2, 0.25) is 0 Å². The Kier molecular flexibility index (Phi) is 5.97. The van der Waals surface area contributed by atoms with E-state index < -0.39 is 33.0 Å². The number of H-pyrrole nitrogens is 1. The monoisotopic (exact) mass is 605 g/mol. The van der Waals surface area contributed by atoms with Crippen LogP contribution < -0.4 is 15.8 Å². The zero-order valence-electron chi connectivity index (χ0n) is 24.5. The molecule has 2 aliphatic heterocycles. The summed E-state index contributed by atoms with van der Waals surface area (Å²) in [6.07, 6.45) is 1.74. The lowest BCUT2D eigenvalue weighted by Crippen LogP contribution is -2.60. The number of aromatic amines is 1. The number of carbonyl (C=O) groups excluding carboxylic acids is 2. The molecule has 2 aliphatic carbocycles. The molecule has 0 spiro atoms. The van der Waals surface area contributed by atoms with Gasteiger partial charge >= 0.3 is 0 Å². The predicted molar refractivity (Wildman–Crippen MR) is 158 cm³/mol. The van der Waals surface area contributed by atoms with Gasteiger partial charge in [-0.05, 0) is 75.0 Å². The Labute approximate surface area is 250 Å². The van der Waals surface area contributed by atoms with Gasteiger partial charge in [-0.2, -0.15) is 4.31 Å². The van der Waals surface area contributed by atoms with E-state index in [4.69, 9.17) is 10.5 Å². The summed E-state index contributed by atoms with van der Waals surface area (Å²) in [7, 11) is -0.0782. The Morgan fingerprint density at radius 3 is 2.63 bits per heavy atom. The Balaban J connectivity index is 1.28. The number of aliphatic hydroxyl groups is 1. The minimum absolute atomic E-state index is 0.0349. The van der Waals surface area contributed by atoms with Gasteiger partial charge in [-0.15, -0.1) is 0 Å². The van der Waals surface area contributed by atoms with Crippen LogP contribution in [0.1, 0.15) is 68.8 Å². The average molecular weight is 606 g/mol. The van der Waals surface area contributed by atoms with Gasteiger partial charge in [0.1, 0.15) is 16.5 Å². The molecule has 0 bridgehead atoms. The lowest BCUT2D eigenvalue weighted by atomic mass is 9.82. The number of nitrogens with zero attached hydrogens (tertiary/aromatic N) is 2. The first kappa shape index (κ1) is 28.1. The van der Waals surface area contributed by atoms with Crippen molar-refractivity contribution in [2.24, 2.45) is 5.92 Å². The number of nitrogens with one attached hydrogen (secondary N) is 2. The number of likely N-dealkylation sites (N-methyl/N-ethyl adjacent to an activating group) is 1. The molecule has 43 heavy (non-hydrogen) atoms. The van der Waals surface area contributed by atoms with Crippen molar-refractivity contribution in [1.29, 1.82) is 0 Å². The standard InChI is InChI=1S/C31H35N5O6S/c1-16-12-20(16)18-8-9-21-24(14-18)42-31(39)22-6-5-7-23(32)26(22)28(37)30(21,31)34-29(38)27-17(2)13-25(33-27)43(40,41)36-11-10-19(15-36)35(3)4/h5-9,13-14,16,19-20,33,39H,10-12,15,32H2,1-4H3,(H,34,38)/t16-,19+,20-,30?,31?/m1/s1. The van der Waals surface area contributed by atoms with Gasteiger partial charge in [0.05, 0.1) is 5.56 Å². The second kappa shape index (κ2) is 9.15. The van der Waals surface area contributed by atoms with Crippen LogP contribution in [-0.2, 0) is 21.3 Å². The van der Waals surface area contributed by atoms with Crippen LogP contribution in [-0.4, -0.2) is 72.6 Å². The number of nitrogen functional groups attached to an aromatic ring is 1. The molecule has 1 aromatic heterocycles. The van der Waals surface area contributed by atoms with E-state index in [-0.39, 0.29) is 33.6 Å². The maximum atomic E-state index is 14.3. The van der Waals surface area contributed by atoms with Crippen molar-refractivity contribution in [2.45, 2.75) is 55.0 Å². The molecule has 4 aliphatic rings. The zero-order chi connectivity index (χ0) is 30.6. The molecular weight excluding hydrogens is 570 g/mol. The highest BCUT2D eigenvalue weighted by molar-refractivity contribution is 7.89. The van der Waals surface area contributed by atoms with Crippen molar-refractivity contribution in [2.75, 3.05) is 32.9 Å². The van der Waals surface area contributed by atoms with E-state index in [1.807, 2.05) is 31.1 Å². The highest BCUT2D eigenvalue weighted by Gasteiger charge is 2.72. The molecule has 3 heterocycles. The zero-order valence-corrected chi connectivity index (χ0v) is 25.3. The smallest absolute Gasteiger partial charge is 0.271 e. The van der Waals surface area contributed by atoms with Crippen LogP contribution in [0.15, 0.2) is 47.5 Å². The van der Waals surface area contributed by atoms with Crippen LogP contribution >= 0.6 is 0 Å². The van der Waals surface area contributed by atoms with E-state index in [0.29, 0.717) is 48.2 Å². The van der Waals surface area contributed by atoms with Crippen molar-refractivity contribution < 1.29 is 27.9 Å². The number of hydrogen-bond acceptors (Lipinski definition) is 8. The number of sulfonamides is 1. The Bertz CT molecular complexity index is 1820. The fourth-order valence-corrected chi connectivity index (χ4v) is 8.58. The van der Waals surface area contributed by atoms with Crippen LogP contribution in [0.4, 0.5) is 5.69 Å². The number of ketones is 1. The van der Waals surface area contributed by atoms with Crippen LogP contribution in [0.5, 0.6) is 5.75 Å². The van der Waals surface area contributed by atoms with Crippen LogP contribution in [0, 0.1) is 12.8 Å². The number of aryl methyl sites for hydroxylation is 1. The third-order valence-corrected chi connectivity index (χ3v) is 11.5. The summed E-state index contributed by atoms with van der Waals surface area (Å²) in [4.78, 5) is 33.1. The van der Waals surface area contributed by atoms with Crippen molar-refractivity contribution >= 4 is 27.4 Å². The second-order valence-corrected chi connectivity index (χ2v) is 14.5. The number of carbonyl (C=O) groups is 2. The summed E-state index contributed by atoms with van der Waals surface area (Å²) in [6, 6.07) is 11.7. The molecule has 7 rings (SSSR count). The number of ether oxygens (including phenoxy) is 1. The fourth-order valence-electron chi connectivity index (χ4n) is 7.03. The third-order valence-electron chi connectivity index (χ3n) is 9.74. The molecule has 3 aromatic rings. The third kappa shape index (κ3) is 3.79. The van der Waals surface area contributed by atoms with E-state index in [2.05, 4.69) is 17.2 Å². The molecule has 5 N–H and O–H groups in total. The second-order valence-electron chi connectivity index (χ2n) is 12.6. The van der Waals surface area contributed by atoms with E-state index in [9.17, 15) is 23.1 Å². The van der Waals surface area contributed by atoms with Gasteiger partial charge in [0.2, 0.25) is 11.3 Å². The number of anilines is 1. The quantitative estimate of drug-likeness (QED) is 0.312. The van der Waals surface area contributed by atoms with Crippen molar-refractivity contribution in [3.63, 3.8) is 0 Å². The normalized spacial score (nSPS) is 29.3. The van der Waals surface area contributed by atoms with E-state index in [1.165, 1.54) is 10.4 Å². The van der Waals surface area contributed by atoms with Crippen molar-refractivity contribution in [3.8, 4) is 5.75 Å². The number of aromatic nitrogens is 1. The summed E-state index contributed by atoms with van der Waals surface area (Å²) in [6.45, 7) is 4.48. The van der Waals surface area contributed by atoms with Gasteiger partial charge < -0.3 is 30.8 Å². The van der Waals surface area contributed by atoms with Gasteiger partial charge in [-0.25, -0.2) is 8.42 Å². The van der Waals surface area contributed by atoms with Crippen LogP contribution in [0.3, 0.4) is 0 Å². The summed E-state index contributed by atoms with van der Waals surface area (Å²) < 4.78 is 34.6. The molecule has 2 unspecified atom stereocenters. The number of hydrogen-bond donors (Lipinski definition) is 4. The highest BCUT2D eigenvalue weighted by Crippen LogP contribution is 2.60. The Morgan fingerprint density at radius 2 is 1.95 bits per heavy atom. The number of rotatable bonds is 6. The molecule has 11 nitrogen and oxygen atoms in total. The molecule has 226 valence electrons. The topological polar surface area (TPSA) is 158 Å². The lowest BCUT2D eigenvalue weighted by molar-refractivity contribution is -0.169. The molecule has 2 fully saturated rings. The minimum atomic E-state index is -3.91. The minimum Gasteiger partial charge on any atom is -0.454 e. The number of Topliss-reactive ketones (excluding diaryl/α,β-unsaturated/α-hetero) is 1. The first-order valence-corrected chi connectivity index (χ1v) is 15.9. The molecule has 1 saturated carbocycles. The number of amides is 1. The molecule has 1 amide bonds. The van der Waals surface area contributed by atoms with Gasteiger partial charge in [-0.1, -0.05) is 31.2 Å². The molecule has 1 saturated heterocycles. The van der Waals surface area contributed by atoms with Crippen molar-refractivity contribution in [3.05, 3.63) is 76.0 Å². The Morgan fingerprint density at radius 1 is 1.21 bits per heavy atom. The number of fused-ring (bicyclic) bond motifs is 5. The highest BCUT2D eigenvalue weighted by atomic mass is 32.2. The van der Waals surface area contributed by atoms with Gasteiger partial charge in [-0.3, -0.25) is 9.59 Å². The Hall–Kier alpha value is -3.71. The largest absolute Gasteiger partial charge is 0.454 e. The molecular formula is C31H35N5O6S. The van der Waals surface area contributed by atoms with E-state index >= 15 is 0 Å². The van der Waals surface area contributed by atoms with E-state index in [1.54, 1.807) is 31.2 Å². The van der Waals surface area contributed by atoms with Gasteiger partial charge in [0.15, 0.2) is 0 Å². The van der Waals surface area contributed by atoms with Crippen LogP contribution in [0.25, 0.3) is 0 Å². The van der Waals surface area contributed by atoms with E-state index in [0.717, 1.165) is 12.0 Å². The average Bonchev–Trinajstić information content (AvgIpc) is 3.29. The van der Waals surface area contributed by atoms with Crippen molar-refractivity contribution in [1.82, 2.24) is 19.5 Å². The number of nitrogens with two attached hydrogens (primary N) is 1. The lowest BCUT2D eigenvalue weighted by Gasteiger charge is -2.34. The maximum absolute atomic E-state index is 14.3. The summed E-state index contributed by atoms with van der Waals surface area (Å²) in [5, 5.41) is 14.9. The summed E-state index contributed by atoms with van der Waals surface area (Å²) in [5.41, 5.74) is 6.24.